The summed E-state index contributed by atoms with van der Waals surface area (Å²) in [7, 11) is 0. The molecule has 3 nitrogen and oxygen atoms in total. The molecule has 0 aromatic carbocycles. The van der Waals surface area contributed by atoms with Crippen LogP contribution >= 0.6 is 11.6 Å². The van der Waals surface area contributed by atoms with Crippen molar-refractivity contribution in [3.63, 3.8) is 0 Å². The molecule has 0 saturated heterocycles. The third kappa shape index (κ3) is 4.47. The average Bonchev–Trinajstić information content (AvgIpc) is 2.23. The first-order valence-electron chi connectivity index (χ1n) is 5.42. The summed E-state index contributed by atoms with van der Waals surface area (Å²) >= 11 is 5.84. The van der Waals surface area contributed by atoms with Crippen LogP contribution in [0.2, 0.25) is 5.15 Å². The highest BCUT2D eigenvalue weighted by molar-refractivity contribution is 6.29. The summed E-state index contributed by atoms with van der Waals surface area (Å²) in [5, 5.41) is 0.451. The Balaban J connectivity index is 2.49. The maximum atomic E-state index is 5.84. The highest BCUT2D eigenvalue weighted by Crippen LogP contribution is 2.14. The molecule has 0 radical (unpaired) electrons. The maximum Gasteiger partial charge on any atom is 0.218 e. The molecule has 0 fully saturated rings. The summed E-state index contributed by atoms with van der Waals surface area (Å²) in [6.07, 6.45) is 4.19. The third-order valence-corrected chi connectivity index (χ3v) is 2.23. The van der Waals surface area contributed by atoms with E-state index in [0.717, 1.165) is 18.7 Å². The van der Waals surface area contributed by atoms with Crippen LogP contribution in [0.3, 0.4) is 0 Å². The van der Waals surface area contributed by atoms with Gasteiger partial charge in [-0.1, -0.05) is 38.3 Å². The summed E-state index contributed by atoms with van der Waals surface area (Å²) in [5.41, 5.74) is 0. The highest BCUT2D eigenvalue weighted by Gasteiger charge is 2.02. The average molecular weight is 229 g/mol. The molecule has 0 amide bonds. The molecule has 0 atom stereocenters. The molecule has 0 aliphatic heterocycles. The molecule has 0 saturated carbocycles. The van der Waals surface area contributed by atoms with Gasteiger partial charge < -0.3 is 4.74 Å². The maximum absolute atomic E-state index is 5.84. The lowest BCUT2D eigenvalue weighted by Crippen LogP contribution is -2.02. The van der Waals surface area contributed by atoms with Crippen molar-refractivity contribution in [2.75, 3.05) is 6.61 Å². The minimum atomic E-state index is 0.451. The number of aryl methyl sites for hydroxylation is 1. The molecule has 0 bridgehead atoms. The Kier molecular flexibility index (Phi) is 5.40. The molecule has 1 rings (SSSR count). The number of halogens is 1. The fraction of sp³-hybridized carbons (Fsp3) is 0.636. The number of hydrogen-bond acceptors (Lipinski definition) is 3. The van der Waals surface area contributed by atoms with Gasteiger partial charge in [-0.25, -0.2) is 4.98 Å². The van der Waals surface area contributed by atoms with Crippen LogP contribution in [-0.2, 0) is 6.42 Å². The smallest absolute Gasteiger partial charge is 0.218 e. The first-order chi connectivity index (χ1) is 7.26. The fourth-order valence-corrected chi connectivity index (χ4v) is 1.39. The number of hydrogen-bond donors (Lipinski definition) is 0. The van der Waals surface area contributed by atoms with Gasteiger partial charge in [0.25, 0.3) is 0 Å². The molecule has 1 aromatic heterocycles. The summed E-state index contributed by atoms with van der Waals surface area (Å²) in [5.74, 6) is 1.32. The molecule has 0 aliphatic rings. The van der Waals surface area contributed by atoms with Crippen LogP contribution in [0.5, 0.6) is 5.88 Å². The van der Waals surface area contributed by atoms with Crippen LogP contribution < -0.4 is 4.74 Å². The van der Waals surface area contributed by atoms with Gasteiger partial charge >= 0.3 is 0 Å². The van der Waals surface area contributed by atoms with E-state index in [4.69, 9.17) is 16.3 Å². The summed E-state index contributed by atoms with van der Waals surface area (Å²) in [4.78, 5) is 8.30. The van der Waals surface area contributed by atoms with Crippen LogP contribution in [0.25, 0.3) is 0 Å². The van der Waals surface area contributed by atoms with E-state index in [9.17, 15) is 0 Å². The summed E-state index contributed by atoms with van der Waals surface area (Å²) in [6, 6.07) is 1.66. The molecule has 84 valence electrons. The molecule has 0 spiro atoms. The van der Waals surface area contributed by atoms with E-state index < -0.39 is 0 Å². The zero-order valence-corrected chi connectivity index (χ0v) is 10.0. The van der Waals surface area contributed by atoms with E-state index in [1.807, 2.05) is 6.92 Å². The Labute approximate surface area is 95.8 Å². The lowest BCUT2D eigenvalue weighted by molar-refractivity contribution is 0.293. The highest BCUT2D eigenvalue weighted by atomic mass is 35.5. The number of unbranched alkanes of at least 4 members (excludes halogenated alkanes) is 2. The third-order valence-electron chi connectivity index (χ3n) is 2.03. The molecule has 0 aliphatic carbocycles. The zero-order chi connectivity index (χ0) is 11.1. The SMILES string of the molecule is CCCCCOc1cc(Cl)nc(CC)n1. The van der Waals surface area contributed by atoms with Gasteiger partial charge in [-0.2, -0.15) is 4.98 Å². The molecule has 15 heavy (non-hydrogen) atoms. The number of nitrogens with zero attached hydrogens (tertiary/aromatic N) is 2. The Bertz CT molecular complexity index is 305. The second-order valence-electron chi connectivity index (χ2n) is 3.35. The largest absolute Gasteiger partial charge is 0.478 e. The van der Waals surface area contributed by atoms with Crippen molar-refractivity contribution >= 4 is 11.6 Å². The van der Waals surface area contributed by atoms with E-state index in [1.165, 1.54) is 12.8 Å². The van der Waals surface area contributed by atoms with Crippen molar-refractivity contribution < 1.29 is 4.74 Å². The zero-order valence-electron chi connectivity index (χ0n) is 9.29. The second-order valence-corrected chi connectivity index (χ2v) is 3.74. The van der Waals surface area contributed by atoms with Crippen molar-refractivity contribution in [2.24, 2.45) is 0 Å². The molecule has 0 N–H and O–H groups in total. The quantitative estimate of drug-likeness (QED) is 0.554. The second kappa shape index (κ2) is 6.62. The standard InChI is InChI=1S/C11H17ClN2O/c1-3-5-6-7-15-11-8-9(12)13-10(4-2)14-11/h8H,3-7H2,1-2H3. The minimum absolute atomic E-state index is 0.451. The summed E-state index contributed by atoms with van der Waals surface area (Å²) < 4.78 is 5.50. The van der Waals surface area contributed by atoms with Crippen molar-refractivity contribution in [1.29, 1.82) is 0 Å². The molecule has 4 heteroatoms. The van der Waals surface area contributed by atoms with Crippen molar-refractivity contribution in [3.8, 4) is 5.88 Å². The van der Waals surface area contributed by atoms with E-state index >= 15 is 0 Å². The Morgan fingerprint density at radius 2 is 2.07 bits per heavy atom. The van der Waals surface area contributed by atoms with Gasteiger partial charge in [-0.05, 0) is 6.42 Å². The number of ether oxygens (including phenoxy) is 1. The predicted octanol–water partition coefficient (Wildman–Crippen LogP) is 3.26. The Morgan fingerprint density at radius 1 is 1.27 bits per heavy atom. The topological polar surface area (TPSA) is 35.0 Å². The Hall–Kier alpha value is -0.830. The lowest BCUT2D eigenvalue weighted by Gasteiger charge is -2.06. The van der Waals surface area contributed by atoms with E-state index in [1.54, 1.807) is 6.07 Å². The predicted molar refractivity (Wildman–Crippen MR) is 61.4 cm³/mol. The number of aromatic nitrogens is 2. The van der Waals surface area contributed by atoms with Gasteiger partial charge in [-0.15, -0.1) is 0 Å². The first kappa shape index (κ1) is 12.2. The monoisotopic (exact) mass is 228 g/mol. The van der Waals surface area contributed by atoms with Gasteiger partial charge in [0.05, 0.1) is 6.61 Å². The Morgan fingerprint density at radius 3 is 2.73 bits per heavy atom. The molecular weight excluding hydrogens is 212 g/mol. The fourth-order valence-electron chi connectivity index (χ4n) is 1.20. The van der Waals surface area contributed by atoms with Crippen LogP contribution in [0, 0.1) is 0 Å². The van der Waals surface area contributed by atoms with Crippen LogP contribution in [0.15, 0.2) is 6.07 Å². The van der Waals surface area contributed by atoms with Gasteiger partial charge in [0.15, 0.2) is 0 Å². The van der Waals surface area contributed by atoms with E-state index in [0.29, 0.717) is 17.6 Å². The van der Waals surface area contributed by atoms with E-state index in [-0.39, 0.29) is 0 Å². The molecule has 1 aromatic rings. The normalized spacial score (nSPS) is 10.3. The lowest BCUT2D eigenvalue weighted by atomic mass is 10.3. The minimum Gasteiger partial charge on any atom is -0.478 e. The van der Waals surface area contributed by atoms with Crippen molar-refractivity contribution in [3.05, 3.63) is 17.0 Å². The molecular formula is C11H17ClN2O. The summed E-state index contributed by atoms with van der Waals surface area (Å²) in [6.45, 7) is 4.85. The van der Waals surface area contributed by atoms with Crippen LogP contribution in [0.4, 0.5) is 0 Å². The van der Waals surface area contributed by atoms with Crippen LogP contribution in [0.1, 0.15) is 38.9 Å². The van der Waals surface area contributed by atoms with Gasteiger partial charge in [0.1, 0.15) is 11.0 Å². The van der Waals surface area contributed by atoms with Crippen LogP contribution in [-0.4, -0.2) is 16.6 Å². The van der Waals surface area contributed by atoms with Gasteiger partial charge in [0.2, 0.25) is 5.88 Å². The van der Waals surface area contributed by atoms with Crippen molar-refractivity contribution in [2.45, 2.75) is 39.5 Å². The first-order valence-corrected chi connectivity index (χ1v) is 5.80. The van der Waals surface area contributed by atoms with Crippen molar-refractivity contribution in [1.82, 2.24) is 9.97 Å². The van der Waals surface area contributed by atoms with Gasteiger partial charge in [0, 0.05) is 12.5 Å². The molecule has 1 heterocycles. The van der Waals surface area contributed by atoms with E-state index in [2.05, 4.69) is 16.9 Å². The number of rotatable bonds is 6. The molecule has 0 unspecified atom stereocenters. The van der Waals surface area contributed by atoms with Gasteiger partial charge in [-0.3, -0.25) is 0 Å².